The van der Waals surface area contributed by atoms with Crippen molar-refractivity contribution in [1.82, 2.24) is 14.5 Å². The molecule has 0 bridgehead atoms. The average Bonchev–Trinajstić information content (AvgIpc) is 3.15. The Morgan fingerprint density at radius 2 is 2.18 bits per heavy atom. The third kappa shape index (κ3) is 3.47. The Kier molecular flexibility index (Phi) is 4.42. The monoisotopic (exact) mass is 299 g/mol. The van der Waals surface area contributed by atoms with E-state index in [1.54, 1.807) is 6.20 Å². The normalized spacial score (nSPS) is 17.7. The smallest absolute Gasteiger partial charge is 0.224 e. The molecule has 2 aromatic rings. The lowest BCUT2D eigenvalue weighted by atomic mass is 10.3. The number of aryl methyl sites for hydroxylation is 2. The third-order valence-electron chi connectivity index (χ3n) is 4.03. The fraction of sp³-hybridized carbons (Fsp3) is 0.412. The molecular weight excluding hydrogens is 278 g/mol. The van der Waals surface area contributed by atoms with Crippen molar-refractivity contribution in [2.75, 3.05) is 13.1 Å². The molecule has 1 fully saturated rings. The Labute approximate surface area is 130 Å². The Hall–Kier alpha value is -2.30. The van der Waals surface area contributed by atoms with Gasteiger partial charge in [0.25, 0.3) is 0 Å². The van der Waals surface area contributed by atoms with Gasteiger partial charge in [0.1, 0.15) is 17.7 Å². The van der Waals surface area contributed by atoms with E-state index < -0.39 is 0 Å². The van der Waals surface area contributed by atoms with E-state index >= 15 is 0 Å². The molecule has 1 saturated heterocycles. The molecule has 0 aliphatic carbocycles. The summed E-state index contributed by atoms with van der Waals surface area (Å²) in [6.45, 7) is 4.09. The van der Waals surface area contributed by atoms with Gasteiger partial charge in [0.05, 0.1) is 6.54 Å². The molecule has 0 saturated carbocycles. The van der Waals surface area contributed by atoms with Crippen molar-refractivity contribution in [1.29, 1.82) is 0 Å². The summed E-state index contributed by atoms with van der Waals surface area (Å²) >= 11 is 0. The number of likely N-dealkylation sites (tertiary alicyclic amines) is 1. The van der Waals surface area contributed by atoms with Gasteiger partial charge in [-0.05, 0) is 19.1 Å². The molecule has 0 radical (unpaired) electrons. The predicted molar refractivity (Wildman–Crippen MR) is 83.6 cm³/mol. The number of carbonyl (C=O) groups is 1. The van der Waals surface area contributed by atoms with Crippen LogP contribution in [-0.4, -0.2) is 39.6 Å². The highest BCUT2D eigenvalue weighted by Gasteiger charge is 2.27. The van der Waals surface area contributed by atoms with Gasteiger partial charge in [0.2, 0.25) is 5.91 Å². The Morgan fingerprint density at radius 1 is 1.36 bits per heavy atom. The molecule has 1 unspecified atom stereocenters. The zero-order chi connectivity index (χ0) is 15.4. The van der Waals surface area contributed by atoms with Crippen molar-refractivity contribution in [3.05, 3.63) is 48.5 Å². The number of carbonyl (C=O) groups excluding carboxylic acids is 1. The van der Waals surface area contributed by atoms with Crippen molar-refractivity contribution in [3.8, 4) is 5.75 Å². The van der Waals surface area contributed by atoms with Crippen LogP contribution in [0.3, 0.4) is 0 Å². The number of imidazole rings is 1. The molecular formula is C17H21N3O2. The van der Waals surface area contributed by atoms with Crippen LogP contribution < -0.4 is 4.74 Å². The van der Waals surface area contributed by atoms with E-state index in [9.17, 15) is 4.79 Å². The van der Waals surface area contributed by atoms with Crippen LogP contribution in [0.15, 0.2) is 42.7 Å². The number of nitrogens with zero attached hydrogens (tertiary/aromatic N) is 3. The highest BCUT2D eigenvalue weighted by atomic mass is 16.5. The second-order valence-electron chi connectivity index (χ2n) is 5.60. The zero-order valence-electron chi connectivity index (χ0n) is 12.8. The highest BCUT2D eigenvalue weighted by molar-refractivity contribution is 5.76. The quantitative estimate of drug-likeness (QED) is 0.851. The molecule has 0 spiro atoms. The lowest BCUT2D eigenvalue weighted by molar-refractivity contribution is -0.130. The van der Waals surface area contributed by atoms with E-state index in [0.29, 0.717) is 19.5 Å². The molecule has 116 valence electrons. The van der Waals surface area contributed by atoms with Gasteiger partial charge in [0.15, 0.2) is 0 Å². The molecule has 1 aromatic heterocycles. The molecule has 3 rings (SSSR count). The van der Waals surface area contributed by atoms with Crippen molar-refractivity contribution in [2.24, 2.45) is 0 Å². The van der Waals surface area contributed by atoms with Gasteiger partial charge in [-0.25, -0.2) is 4.98 Å². The molecule has 1 atom stereocenters. The largest absolute Gasteiger partial charge is 0.489 e. The minimum atomic E-state index is 0.0985. The second-order valence-corrected chi connectivity index (χ2v) is 5.60. The van der Waals surface area contributed by atoms with Crippen molar-refractivity contribution in [2.45, 2.75) is 32.4 Å². The molecule has 1 aliphatic heterocycles. The van der Waals surface area contributed by atoms with Crippen LogP contribution in [0, 0.1) is 6.92 Å². The lowest BCUT2D eigenvalue weighted by Gasteiger charge is -2.17. The SMILES string of the molecule is Cc1nccn1CCC(=O)N1CCC(Oc2ccccc2)C1. The molecule has 5 heteroatoms. The van der Waals surface area contributed by atoms with Crippen molar-refractivity contribution in [3.63, 3.8) is 0 Å². The van der Waals surface area contributed by atoms with E-state index in [1.165, 1.54) is 0 Å². The fourth-order valence-corrected chi connectivity index (χ4v) is 2.76. The molecule has 5 nitrogen and oxygen atoms in total. The summed E-state index contributed by atoms with van der Waals surface area (Å²) in [5, 5.41) is 0. The molecule has 1 amide bonds. The van der Waals surface area contributed by atoms with Crippen LogP contribution in [-0.2, 0) is 11.3 Å². The average molecular weight is 299 g/mol. The molecule has 1 aromatic carbocycles. The van der Waals surface area contributed by atoms with Crippen LogP contribution in [0.25, 0.3) is 0 Å². The van der Waals surface area contributed by atoms with Gasteiger partial charge >= 0.3 is 0 Å². The molecule has 0 N–H and O–H groups in total. The topological polar surface area (TPSA) is 47.4 Å². The molecule has 22 heavy (non-hydrogen) atoms. The van der Waals surface area contributed by atoms with Gasteiger partial charge in [-0.2, -0.15) is 0 Å². The van der Waals surface area contributed by atoms with Crippen LogP contribution in [0.2, 0.25) is 0 Å². The standard InChI is InChI=1S/C17H21N3O2/c1-14-18-9-12-19(14)11-8-17(21)20-10-7-16(13-20)22-15-5-3-2-4-6-15/h2-6,9,12,16H,7-8,10-11,13H2,1H3. The van der Waals surface area contributed by atoms with E-state index in [4.69, 9.17) is 4.74 Å². The first kappa shape index (κ1) is 14.6. The maximum absolute atomic E-state index is 12.3. The number of hydrogen-bond donors (Lipinski definition) is 0. The number of para-hydroxylation sites is 1. The third-order valence-corrected chi connectivity index (χ3v) is 4.03. The summed E-state index contributed by atoms with van der Waals surface area (Å²) < 4.78 is 7.92. The summed E-state index contributed by atoms with van der Waals surface area (Å²) in [5.74, 6) is 2.00. The number of benzene rings is 1. The fourth-order valence-electron chi connectivity index (χ4n) is 2.76. The summed E-state index contributed by atoms with van der Waals surface area (Å²) in [7, 11) is 0. The van der Waals surface area contributed by atoms with Crippen LogP contribution in [0.4, 0.5) is 0 Å². The summed E-state index contributed by atoms with van der Waals surface area (Å²) in [5.41, 5.74) is 0. The Balaban J connectivity index is 1.47. The van der Waals surface area contributed by atoms with E-state index in [0.717, 1.165) is 24.5 Å². The molecule has 1 aliphatic rings. The van der Waals surface area contributed by atoms with Gasteiger partial charge < -0.3 is 14.2 Å². The Morgan fingerprint density at radius 3 is 2.91 bits per heavy atom. The van der Waals surface area contributed by atoms with Gasteiger partial charge in [-0.3, -0.25) is 4.79 Å². The van der Waals surface area contributed by atoms with Gasteiger partial charge in [0, 0.05) is 38.3 Å². The predicted octanol–water partition coefficient (Wildman–Crippen LogP) is 2.26. The number of amides is 1. The second kappa shape index (κ2) is 6.64. The Bertz CT molecular complexity index is 624. The lowest BCUT2D eigenvalue weighted by Crippen LogP contribution is -2.31. The van der Waals surface area contributed by atoms with E-state index in [2.05, 4.69) is 4.98 Å². The maximum atomic E-state index is 12.3. The first-order valence-corrected chi connectivity index (χ1v) is 7.69. The summed E-state index contributed by atoms with van der Waals surface area (Å²) in [6.07, 6.45) is 5.18. The number of ether oxygens (including phenoxy) is 1. The van der Waals surface area contributed by atoms with Crippen molar-refractivity contribution >= 4 is 5.91 Å². The van der Waals surface area contributed by atoms with Crippen molar-refractivity contribution < 1.29 is 9.53 Å². The number of hydrogen-bond acceptors (Lipinski definition) is 3. The summed E-state index contributed by atoms with van der Waals surface area (Å²) in [4.78, 5) is 18.4. The van der Waals surface area contributed by atoms with E-state index in [-0.39, 0.29) is 12.0 Å². The minimum Gasteiger partial charge on any atom is -0.489 e. The first-order valence-electron chi connectivity index (χ1n) is 7.69. The van der Waals surface area contributed by atoms with Crippen LogP contribution >= 0.6 is 0 Å². The minimum absolute atomic E-state index is 0.0985. The first-order chi connectivity index (χ1) is 10.7. The van der Waals surface area contributed by atoms with E-state index in [1.807, 2.05) is 52.9 Å². The van der Waals surface area contributed by atoms with Crippen LogP contribution in [0.1, 0.15) is 18.7 Å². The van der Waals surface area contributed by atoms with Crippen LogP contribution in [0.5, 0.6) is 5.75 Å². The molecule has 2 heterocycles. The van der Waals surface area contributed by atoms with Gasteiger partial charge in [-0.15, -0.1) is 0 Å². The number of aromatic nitrogens is 2. The summed E-state index contributed by atoms with van der Waals surface area (Å²) in [6, 6.07) is 9.79. The number of rotatable bonds is 5. The zero-order valence-corrected chi connectivity index (χ0v) is 12.8. The highest BCUT2D eigenvalue weighted by Crippen LogP contribution is 2.18. The van der Waals surface area contributed by atoms with Gasteiger partial charge in [-0.1, -0.05) is 18.2 Å². The maximum Gasteiger partial charge on any atom is 0.224 e.